The standard InChI is InChI=1S/C20H31N3O.ClH/c1-2-17-7-9-18(10-8-17)19-15-21-11-14-23(19)16-20(24)22-12-5-3-4-6-13-22;/h7-10,19,21H,2-6,11-16H2,1H3;1H. The Morgan fingerprint density at radius 1 is 1.08 bits per heavy atom. The Kier molecular flexibility index (Phi) is 8.20. The second-order valence-electron chi connectivity index (χ2n) is 7.08. The Hall–Kier alpha value is -1.10. The first-order valence-electron chi connectivity index (χ1n) is 9.59. The van der Waals surface area contributed by atoms with Gasteiger partial charge in [0.15, 0.2) is 0 Å². The first-order chi connectivity index (χ1) is 11.8. The lowest BCUT2D eigenvalue weighted by Crippen LogP contribution is -2.50. The van der Waals surface area contributed by atoms with Crippen LogP contribution >= 0.6 is 12.4 Å². The first kappa shape index (κ1) is 20.2. The summed E-state index contributed by atoms with van der Waals surface area (Å²) in [4.78, 5) is 17.2. The van der Waals surface area contributed by atoms with Crippen molar-refractivity contribution in [2.75, 3.05) is 39.3 Å². The second kappa shape index (κ2) is 10.1. The molecule has 4 nitrogen and oxygen atoms in total. The van der Waals surface area contributed by atoms with Crippen molar-refractivity contribution in [3.05, 3.63) is 35.4 Å². The summed E-state index contributed by atoms with van der Waals surface area (Å²) < 4.78 is 0. The number of amides is 1. The van der Waals surface area contributed by atoms with Crippen LogP contribution in [0.5, 0.6) is 0 Å². The number of aryl methyl sites for hydroxylation is 1. The number of likely N-dealkylation sites (tertiary alicyclic amines) is 1. The van der Waals surface area contributed by atoms with E-state index in [1.54, 1.807) is 0 Å². The van der Waals surface area contributed by atoms with Crippen LogP contribution in [0.2, 0.25) is 0 Å². The minimum Gasteiger partial charge on any atom is -0.342 e. The summed E-state index contributed by atoms with van der Waals surface area (Å²) >= 11 is 0. The minimum atomic E-state index is 0. The smallest absolute Gasteiger partial charge is 0.236 e. The average Bonchev–Trinajstić information content (AvgIpc) is 2.92. The van der Waals surface area contributed by atoms with E-state index in [-0.39, 0.29) is 12.4 Å². The molecule has 2 aliphatic heterocycles. The quantitative estimate of drug-likeness (QED) is 0.890. The summed E-state index contributed by atoms with van der Waals surface area (Å²) in [7, 11) is 0. The van der Waals surface area contributed by atoms with Crippen LogP contribution in [0.3, 0.4) is 0 Å². The van der Waals surface area contributed by atoms with Crippen molar-refractivity contribution in [2.24, 2.45) is 0 Å². The van der Waals surface area contributed by atoms with Crippen molar-refractivity contribution in [2.45, 2.75) is 45.1 Å². The van der Waals surface area contributed by atoms with Gasteiger partial charge in [-0.25, -0.2) is 0 Å². The molecule has 1 atom stereocenters. The fourth-order valence-electron chi connectivity index (χ4n) is 3.83. The zero-order valence-electron chi connectivity index (χ0n) is 15.4. The number of hydrogen-bond donors (Lipinski definition) is 1. The van der Waals surface area contributed by atoms with Gasteiger partial charge in [-0.05, 0) is 30.4 Å². The molecule has 0 aliphatic carbocycles. The Bertz CT molecular complexity index is 526. The number of carbonyl (C=O) groups excluding carboxylic acids is 1. The molecular formula is C20H32ClN3O. The van der Waals surface area contributed by atoms with Crippen LogP contribution in [-0.2, 0) is 11.2 Å². The molecule has 3 rings (SSSR count). The number of hydrogen-bond acceptors (Lipinski definition) is 3. The first-order valence-corrected chi connectivity index (χ1v) is 9.59. The van der Waals surface area contributed by atoms with Crippen LogP contribution < -0.4 is 5.32 Å². The van der Waals surface area contributed by atoms with E-state index in [2.05, 4.69) is 46.3 Å². The Labute approximate surface area is 158 Å². The van der Waals surface area contributed by atoms with Gasteiger partial charge in [-0.1, -0.05) is 44.0 Å². The third kappa shape index (κ3) is 5.44. The molecule has 0 bridgehead atoms. The molecule has 2 heterocycles. The lowest BCUT2D eigenvalue weighted by atomic mass is 10.0. The number of rotatable bonds is 4. The molecule has 0 radical (unpaired) electrons. The molecule has 0 aromatic heterocycles. The average molecular weight is 366 g/mol. The number of halogens is 1. The van der Waals surface area contributed by atoms with Crippen LogP contribution in [0.1, 0.15) is 49.8 Å². The van der Waals surface area contributed by atoms with Crippen LogP contribution in [0.25, 0.3) is 0 Å². The molecule has 25 heavy (non-hydrogen) atoms. The lowest BCUT2D eigenvalue weighted by molar-refractivity contribution is -0.133. The van der Waals surface area contributed by atoms with Gasteiger partial charge in [0.2, 0.25) is 5.91 Å². The van der Waals surface area contributed by atoms with E-state index in [0.29, 0.717) is 18.5 Å². The molecule has 0 saturated carbocycles. The van der Waals surface area contributed by atoms with Crippen molar-refractivity contribution < 1.29 is 4.79 Å². The van der Waals surface area contributed by atoms with Gasteiger partial charge < -0.3 is 10.2 Å². The molecule has 2 fully saturated rings. The van der Waals surface area contributed by atoms with Crippen molar-refractivity contribution in [3.8, 4) is 0 Å². The summed E-state index contributed by atoms with van der Waals surface area (Å²) in [5, 5.41) is 3.49. The molecule has 5 heteroatoms. The van der Waals surface area contributed by atoms with Gasteiger partial charge in [0.25, 0.3) is 0 Å². The van der Waals surface area contributed by atoms with Gasteiger partial charge in [0, 0.05) is 38.8 Å². The number of nitrogens with zero attached hydrogens (tertiary/aromatic N) is 2. The van der Waals surface area contributed by atoms with Gasteiger partial charge in [-0.3, -0.25) is 9.69 Å². The van der Waals surface area contributed by atoms with E-state index in [9.17, 15) is 4.79 Å². The maximum absolute atomic E-state index is 12.8. The number of piperazine rings is 1. The van der Waals surface area contributed by atoms with E-state index in [0.717, 1.165) is 52.0 Å². The third-order valence-electron chi connectivity index (χ3n) is 5.42. The third-order valence-corrected chi connectivity index (χ3v) is 5.42. The summed E-state index contributed by atoms with van der Waals surface area (Å²) in [5.41, 5.74) is 2.69. The van der Waals surface area contributed by atoms with Gasteiger partial charge in [0.1, 0.15) is 0 Å². The molecule has 2 aliphatic rings. The Balaban J connectivity index is 0.00000225. The highest BCUT2D eigenvalue weighted by molar-refractivity contribution is 5.85. The van der Waals surface area contributed by atoms with Crippen LogP contribution in [-0.4, -0.2) is 55.0 Å². The summed E-state index contributed by atoms with van der Waals surface area (Å²) in [5.74, 6) is 0.314. The highest BCUT2D eigenvalue weighted by Gasteiger charge is 2.27. The van der Waals surface area contributed by atoms with Crippen LogP contribution in [0, 0.1) is 0 Å². The predicted molar refractivity (Wildman–Crippen MR) is 105 cm³/mol. The zero-order valence-corrected chi connectivity index (χ0v) is 16.2. The van der Waals surface area contributed by atoms with Gasteiger partial charge in [-0.2, -0.15) is 0 Å². The van der Waals surface area contributed by atoms with E-state index < -0.39 is 0 Å². The minimum absolute atomic E-state index is 0. The normalized spacial score (nSPS) is 22.1. The molecule has 1 amide bonds. The van der Waals surface area contributed by atoms with Crippen molar-refractivity contribution in [1.82, 2.24) is 15.1 Å². The fraction of sp³-hybridized carbons (Fsp3) is 0.650. The van der Waals surface area contributed by atoms with Crippen LogP contribution in [0.4, 0.5) is 0 Å². The molecule has 140 valence electrons. The van der Waals surface area contributed by atoms with Gasteiger partial charge in [0.05, 0.1) is 6.54 Å². The predicted octanol–water partition coefficient (Wildman–Crippen LogP) is 3.02. The van der Waals surface area contributed by atoms with E-state index in [1.165, 1.54) is 24.0 Å². The van der Waals surface area contributed by atoms with E-state index in [1.807, 2.05) is 0 Å². The second-order valence-corrected chi connectivity index (χ2v) is 7.08. The monoisotopic (exact) mass is 365 g/mol. The van der Waals surface area contributed by atoms with Crippen LogP contribution in [0.15, 0.2) is 24.3 Å². The maximum Gasteiger partial charge on any atom is 0.236 e. The number of nitrogens with one attached hydrogen (secondary N) is 1. The van der Waals surface area contributed by atoms with E-state index >= 15 is 0 Å². The molecule has 0 spiro atoms. The summed E-state index contributed by atoms with van der Waals surface area (Å²) in [6.45, 7) is 7.47. The fourth-order valence-corrected chi connectivity index (χ4v) is 3.83. The molecule has 1 unspecified atom stereocenters. The summed E-state index contributed by atoms with van der Waals surface area (Å²) in [6.07, 6.45) is 5.93. The molecule has 1 aromatic carbocycles. The van der Waals surface area contributed by atoms with Crippen molar-refractivity contribution in [1.29, 1.82) is 0 Å². The van der Waals surface area contributed by atoms with Crippen molar-refractivity contribution >= 4 is 18.3 Å². The zero-order chi connectivity index (χ0) is 16.8. The maximum atomic E-state index is 12.8. The molecule has 1 aromatic rings. The number of benzene rings is 1. The SMILES string of the molecule is CCc1ccc(C2CNCCN2CC(=O)N2CCCCCC2)cc1.Cl. The highest BCUT2D eigenvalue weighted by Crippen LogP contribution is 2.23. The topological polar surface area (TPSA) is 35.6 Å². The van der Waals surface area contributed by atoms with Gasteiger partial charge in [-0.15, -0.1) is 12.4 Å². The molecular weight excluding hydrogens is 334 g/mol. The highest BCUT2D eigenvalue weighted by atomic mass is 35.5. The lowest BCUT2D eigenvalue weighted by Gasteiger charge is -2.37. The molecule has 2 saturated heterocycles. The molecule has 1 N–H and O–H groups in total. The Morgan fingerprint density at radius 2 is 1.76 bits per heavy atom. The van der Waals surface area contributed by atoms with E-state index in [4.69, 9.17) is 0 Å². The van der Waals surface area contributed by atoms with Crippen molar-refractivity contribution in [3.63, 3.8) is 0 Å². The Morgan fingerprint density at radius 3 is 2.40 bits per heavy atom. The summed E-state index contributed by atoms with van der Waals surface area (Å²) in [6, 6.07) is 9.22. The number of carbonyl (C=O) groups is 1. The van der Waals surface area contributed by atoms with Gasteiger partial charge >= 0.3 is 0 Å². The largest absolute Gasteiger partial charge is 0.342 e.